The van der Waals surface area contributed by atoms with Gasteiger partial charge in [0, 0.05) is 5.41 Å². The molecule has 1 aromatic rings. The van der Waals surface area contributed by atoms with Gasteiger partial charge in [0.15, 0.2) is 0 Å². The number of methoxy groups -OCH3 is 1. The Labute approximate surface area is 100.0 Å². The maximum Gasteiger partial charge on any atom is 0.304 e. The van der Waals surface area contributed by atoms with Crippen LogP contribution < -0.4 is 4.74 Å². The number of ether oxygens (including phenoxy) is 1. The summed E-state index contributed by atoms with van der Waals surface area (Å²) in [5.74, 6) is -0.253. The molecule has 0 heterocycles. The zero-order chi connectivity index (χ0) is 12.3. The minimum Gasteiger partial charge on any atom is -0.495 e. The van der Waals surface area contributed by atoms with Crippen LogP contribution in [-0.4, -0.2) is 18.2 Å². The van der Waals surface area contributed by atoms with Crippen molar-refractivity contribution in [3.63, 3.8) is 0 Å². The third-order valence-electron chi connectivity index (χ3n) is 2.53. The van der Waals surface area contributed by atoms with E-state index in [1.54, 1.807) is 12.1 Å². The van der Waals surface area contributed by atoms with E-state index in [0.29, 0.717) is 10.8 Å². The van der Waals surface area contributed by atoms with Crippen molar-refractivity contribution in [1.29, 1.82) is 0 Å². The lowest BCUT2D eigenvalue weighted by Gasteiger charge is -2.23. The van der Waals surface area contributed by atoms with Gasteiger partial charge in [0.25, 0.3) is 0 Å². The lowest BCUT2D eigenvalue weighted by molar-refractivity contribution is -0.138. The molecule has 16 heavy (non-hydrogen) atoms. The highest BCUT2D eigenvalue weighted by Gasteiger charge is 2.24. The summed E-state index contributed by atoms with van der Waals surface area (Å²) < 4.78 is 5.11. The van der Waals surface area contributed by atoms with Gasteiger partial charge in [-0.3, -0.25) is 4.79 Å². The second kappa shape index (κ2) is 4.74. The molecule has 1 N–H and O–H groups in total. The number of carboxylic acid groups (broad SMARTS) is 1. The quantitative estimate of drug-likeness (QED) is 0.883. The molecule has 1 aromatic carbocycles. The van der Waals surface area contributed by atoms with E-state index in [1.165, 1.54) is 7.11 Å². The third kappa shape index (κ3) is 2.89. The highest BCUT2D eigenvalue weighted by Crippen LogP contribution is 2.33. The standard InChI is InChI=1S/C12H15ClO3/c1-12(2,7-11(14)15)8-4-5-9(13)10(6-8)16-3/h4-6H,7H2,1-3H3,(H,14,15). The van der Waals surface area contributed by atoms with Crippen LogP contribution in [-0.2, 0) is 10.2 Å². The molecule has 0 saturated carbocycles. The molecule has 0 saturated heterocycles. The molecule has 0 aromatic heterocycles. The van der Waals surface area contributed by atoms with Crippen molar-refractivity contribution < 1.29 is 14.6 Å². The largest absolute Gasteiger partial charge is 0.495 e. The Morgan fingerprint density at radius 1 is 1.50 bits per heavy atom. The van der Waals surface area contributed by atoms with E-state index >= 15 is 0 Å². The average molecular weight is 243 g/mol. The molecule has 0 fully saturated rings. The molecule has 0 aliphatic carbocycles. The second-order valence-corrected chi connectivity index (χ2v) is 4.71. The molecule has 0 unspecified atom stereocenters. The van der Waals surface area contributed by atoms with Gasteiger partial charge < -0.3 is 9.84 Å². The molecule has 0 spiro atoms. The Bertz CT molecular complexity index is 399. The highest BCUT2D eigenvalue weighted by molar-refractivity contribution is 6.32. The molecular formula is C12H15ClO3. The first kappa shape index (κ1) is 12.8. The van der Waals surface area contributed by atoms with Gasteiger partial charge in [0.2, 0.25) is 0 Å². The molecule has 0 amide bonds. The lowest BCUT2D eigenvalue weighted by atomic mass is 9.81. The topological polar surface area (TPSA) is 46.5 Å². The average Bonchev–Trinajstić information content (AvgIpc) is 2.16. The SMILES string of the molecule is COc1cc(C(C)(C)CC(=O)O)ccc1Cl. The van der Waals surface area contributed by atoms with Crippen molar-refractivity contribution in [2.24, 2.45) is 0 Å². The Morgan fingerprint density at radius 3 is 2.62 bits per heavy atom. The van der Waals surface area contributed by atoms with Crippen LogP contribution in [0, 0.1) is 0 Å². The van der Waals surface area contributed by atoms with Gasteiger partial charge in [0.1, 0.15) is 5.75 Å². The van der Waals surface area contributed by atoms with Crippen LogP contribution in [0.25, 0.3) is 0 Å². The Hall–Kier alpha value is -1.22. The first-order valence-electron chi connectivity index (χ1n) is 4.92. The van der Waals surface area contributed by atoms with Crippen molar-refractivity contribution in [3.8, 4) is 5.75 Å². The lowest BCUT2D eigenvalue weighted by Crippen LogP contribution is -2.21. The first-order valence-corrected chi connectivity index (χ1v) is 5.30. The van der Waals surface area contributed by atoms with Crippen LogP contribution in [0.5, 0.6) is 5.75 Å². The number of carboxylic acids is 1. The van der Waals surface area contributed by atoms with Crippen LogP contribution in [0.3, 0.4) is 0 Å². The number of rotatable bonds is 4. The maximum absolute atomic E-state index is 10.8. The molecule has 0 radical (unpaired) electrons. The summed E-state index contributed by atoms with van der Waals surface area (Å²) in [5, 5.41) is 9.36. The van der Waals surface area contributed by atoms with Crippen molar-refractivity contribution in [2.45, 2.75) is 25.7 Å². The minimum absolute atomic E-state index is 0.0672. The molecule has 0 aliphatic heterocycles. The predicted molar refractivity (Wildman–Crippen MR) is 63.3 cm³/mol. The van der Waals surface area contributed by atoms with Crippen molar-refractivity contribution in [2.75, 3.05) is 7.11 Å². The van der Waals surface area contributed by atoms with E-state index < -0.39 is 11.4 Å². The minimum atomic E-state index is -0.820. The monoisotopic (exact) mass is 242 g/mol. The molecule has 0 aliphatic rings. The Kier molecular flexibility index (Phi) is 3.81. The summed E-state index contributed by atoms with van der Waals surface area (Å²) in [5.41, 5.74) is 0.458. The molecule has 88 valence electrons. The number of hydrogen-bond donors (Lipinski definition) is 1. The second-order valence-electron chi connectivity index (χ2n) is 4.30. The van der Waals surface area contributed by atoms with E-state index in [4.69, 9.17) is 21.4 Å². The van der Waals surface area contributed by atoms with E-state index in [-0.39, 0.29) is 6.42 Å². The number of benzene rings is 1. The van der Waals surface area contributed by atoms with Crippen LogP contribution >= 0.6 is 11.6 Å². The Morgan fingerprint density at radius 2 is 2.12 bits per heavy atom. The van der Waals surface area contributed by atoms with Crippen LogP contribution in [0.1, 0.15) is 25.8 Å². The van der Waals surface area contributed by atoms with E-state index in [2.05, 4.69) is 0 Å². The van der Waals surface area contributed by atoms with Gasteiger partial charge >= 0.3 is 5.97 Å². The van der Waals surface area contributed by atoms with Crippen LogP contribution in [0.2, 0.25) is 5.02 Å². The predicted octanol–water partition coefficient (Wildman–Crippen LogP) is 3.10. The molecule has 3 nitrogen and oxygen atoms in total. The summed E-state index contributed by atoms with van der Waals surface area (Å²) in [4.78, 5) is 10.8. The van der Waals surface area contributed by atoms with Crippen molar-refractivity contribution in [3.05, 3.63) is 28.8 Å². The molecule has 4 heteroatoms. The summed E-state index contributed by atoms with van der Waals surface area (Å²) in [6, 6.07) is 5.33. The van der Waals surface area contributed by atoms with Crippen molar-refractivity contribution in [1.82, 2.24) is 0 Å². The zero-order valence-electron chi connectivity index (χ0n) is 9.58. The number of hydrogen-bond acceptors (Lipinski definition) is 2. The highest BCUT2D eigenvalue weighted by atomic mass is 35.5. The molecular weight excluding hydrogens is 228 g/mol. The summed E-state index contributed by atoms with van der Waals surface area (Å²) in [6.07, 6.45) is 0.0672. The third-order valence-corrected chi connectivity index (χ3v) is 2.84. The zero-order valence-corrected chi connectivity index (χ0v) is 10.3. The van der Waals surface area contributed by atoms with Gasteiger partial charge in [-0.2, -0.15) is 0 Å². The normalized spacial score (nSPS) is 11.2. The van der Waals surface area contributed by atoms with Gasteiger partial charge in [-0.15, -0.1) is 0 Å². The fourth-order valence-corrected chi connectivity index (χ4v) is 1.76. The fourth-order valence-electron chi connectivity index (χ4n) is 1.56. The number of carbonyl (C=O) groups is 1. The van der Waals surface area contributed by atoms with Gasteiger partial charge in [-0.05, 0) is 17.7 Å². The first-order chi connectivity index (χ1) is 7.36. The van der Waals surface area contributed by atoms with E-state index in [0.717, 1.165) is 5.56 Å². The van der Waals surface area contributed by atoms with E-state index in [1.807, 2.05) is 19.9 Å². The maximum atomic E-state index is 10.8. The molecule has 1 rings (SSSR count). The summed E-state index contributed by atoms with van der Waals surface area (Å²) in [6.45, 7) is 3.76. The summed E-state index contributed by atoms with van der Waals surface area (Å²) >= 11 is 5.91. The van der Waals surface area contributed by atoms with Gasteiger partial charge in [-0.1, -0.05) is 31.5 Å². The Balaban J connectivity index is 3.08. The molecule has 0 bridgehead atoms. The number of halogens is 1. The summed E-state index contributed by atoms with van der Waals surface area (Å²) in [7, 11) is 1.54. The van der Waals surface area contributed by atoms with Gasteiger partial charge in [-0.25, -0.2) is 0 Å². The molecule has 0 atom stereocenters. The fraction of sp³-hybridized carbons (Fsp3) is 0.417. The van der Waals surface area contributed by atoms with Crippen LogP contribution in [0.4, 0.5) is 0 Å². The number of aliphatic carboxylic acids is 1. The smallest absolute Gasteiger partial charge is 0.304 e. The van der Waals surface area contributed by atoms with Gasteiger partial charge in [0.05, 0.1) is 18.6 Å². The van der Waals surface area contributed by atoms with Crippen LogP contribution in [0.15, 0.2) is 18.2 Å². The van der Waals surface area contributed by atoms with E-state index in [9.17, 15) is 4.79 Å². The van der Waals surface area contributed by atoms with Crippen molar-refractivity contribution >= 4 is 17.6 Å².